The maximum Gasteiger partial charge on any atom is 0.0249 e. The standard InChI is InChI=1S/C18H34N2/c1-15-8-2-3-9-16(15)14-20-13-7-5-11-18(20)17-10-4-6-12-19-17/h15-19H,2-14H2,1H3. The van der Waals surface area contributed by atoms with E-state index in [0.717, 1.165) is 23.9 Å². The van der Waals surface area contributed by atoms with Crippen molar-refractivity contribution in [3.05, 3.63) is 0 Å². The third kappa shape index (κ3) is 3.57. The van der Waals surface area contributed by atoms with Gasteiger partial charge in [-0.1, -0.05) is 39.0 Å². The van der Waals surface area contributed by atoms with Crippen LogP contribution in [-0.2, 0) is 0 Å². The lowest BCUT2D eigenvalue weighted by Crippen LogP contribution is -2.55. The molecule has 2 aliphatic heterocycles. The van der Waals surface area contributed by atoms with Crippen molar-refractivity contribution < 1.29 is 0 Å². The number of nitrogens with one attached hydrogen (secondary N) is 1. The van der Waals surface area contributed by atoms with Crippen LogP contribution in [-0.4, -0.2) is 36.6 Å². The molecule has 1 N–H and O–H groups in total. The third-order valence-electron chi connectivity index (χ3n) is 6.24. The minimum atomic E-state index is 0.794. The van der Waals surface area contributed by atoms with Crippen molar-refractivity contribution in [2.24, 2.45) is 11.8 Å². The summed E-state index contributed by atoms with van der Waals surface area (Å²) in [6, 6.07) is 1.64. The van der Waals surface area contributed by atoms with Crippen molar-refractivity contribution in [2.45, 2.75) is 83.2 Å². The summed E-state index contributed by atoms with van der Waals surface area (Å²) in [5, 5.41) is 3.83. The summed E-state index contributed by atoms with van der Waals surface area (Å²) in [6.07, 6.45) is 14.5. The Kier molecular flexibility index (Phi) is 5.39. The fourth-order valence-corrected chi connectivity index (χ4v) is 4.87. The summed E-state index contributed by atoms with van der Waals surface area (Å²) in [5.41, 5.74) is 0. The molecule has 0 aromatic carbocycles. The molecule has 0 aromatic heterocycles. The van der Waals surface area contributed by atoms with Gasteiger partial charge in [0, 0.05) is 18.6 Å². The Bertz CT molecular complexity index is 285. The zero-order chi connectivity index (χ0) is 13.8. The van der Waals surface area contributed by atoms with E-state index in [1.165, 1.54) is 83.8 Å². The Morgan fingerprint density at radius 2 is 1.70 bits per heavy atom. The normalized spacial score (nSPS) is 40.6. The Morgan fingerprint density at radius 1 is 0.900 bits per heavy atom. The molecular formula is C18H34N2. The number of nitrogens with zero attached hydrogens (tertiary/aromatic N) is 1. The van der Waals surface area contributed by atoms with Crippen LogP contribution < -0.4 is 5.32 Å². The average molecular weight is 278 g/mol. The maximum absolute atomic E-state index is 3.83. The Morgan fingerprint density at radius 3 is 2.50 bits per heavy atom. The fraction of sp³-hybridized carbons (Fsp3) is 1.00. The highest BCUT2D eigenvalue weighted by Gasteiger charge is 2.33. The maximum atomic E-state index is 3.83. The zero-order valence-electron chi connectivity index (χ0n) is 13.4. The highest BCUT2D eigenvalue weighted by atomic mass is 15.2. The van der Waals surface area contributed by atoms with Gasteiger partial charge in [-0.15, -0.1) is 0 Å². The van der Waals surface area contributed by atoms with Crippen molar-refractivity contribution in [1.29, 1.82) is 0 Å². The SMILES string of the molecule is CC1CCCCC1CN1CCCCC1C1CCCCN1. The van der Waals surface area contributed by atoms with Gasteiger partial charge in [0.15, 0.2) is 0 Å². The molecule has 0 aromatic rings. The van der Waals surface area contributed by atoms with Crippen LogP contribution in [0.25, 0.3) is 0 Å². The zero-order valence-corrected chi connectivity index (χ0v) is 13.4. The number of hydrogen-bond donors (Lipinski definition) is 1. The molecule has 3 fully saturated rings. The molecule has 0 amide bonds. The van der Waals surface area contributed by atoms with E-state index < -0.39 is 0 Å². The van der Waals surface area contributed by atoms with Crippen LogP contribution in [0.1, 0.15) is 71.1 Å². The van der Waals surface area contributed by atoms with Crippen LogP contribution in [0.2, 0.25) is 0 Å². The van der Waals surface area contributed by atoms with Gasteiger partial charge in [-0.25, -0.2) is 0 Å². The Hall–Kier alpha value is -0.0800. The lowest BCUT2D eigenvalue weighted by atomic mass is 9.79. The number of hydrogen-bond acceptors (Lipinski definition) is 2. The number of likely N-dealkylation sites (tertiary alicyclic amines) is 1. The molecule has 4 atom stereocenters. The van der Waals surface area contributed by atoms with E-state index in [4.69, 9.17) is 0 Å². The lowest BCUT2D eigenvalue weighted by molar-refractivity contribution is 0.0661. The van der Waals surface area contributed by atoms with Crippen LogP contribution in [0.4, 0.5) is 0 Å². The highest BCUT2D eigenvalue weighted by Crippen LogP contribution is 2.33. The first-order valence-electron chi connectivity index (χ1n) is 9.32. The smallest absolute Gasteiger partial charge is 0.0249 e. The molecule has 3 rings (SSSR count). The molecule has 4 unspecified atom stereocenters. The van der Waals surface area contributed by atoms with E-state index >= 15 is 0 Å². The summed E-state index contributed by atoms with van der Waals surface area (Å²) in [4.78, 5) is 2.89. The van der Waals surface area contributed by atoms with Crippen LogP contribution in [0.15, 0.2) is 0 Å². The summed E-state index contributed by atoms with van der Waals surface area (Å²) < 4.78 is 0. The van der Waals surface area contributed by atoms with Crippen LogP contribution in [0.5, 0.6) is 0 Å². The van der Waals surface area contributed by atoms with Crippen molar-refractivity contribution in [1.82, 2.24) is 10.2 Å². The molecule has 3 aliphatic rings. The second-order valence-corrected chi connectivity index (χ2v) is 7.64. The van der Waals surface area contributed by atoms with Gasteiger partial charge < -0.3 is 5.32 Å². The van der Waals surface area contributed by atoms with Crippen molar-refractivity contribution >= 4 is 0 Å². The molecule has 20 heavy (non-hydrogen) atoms. The first kappa shape index (κ1) is 14.8. The Labute approximate surface area is 125 Å². The molecule has 1 aliphatic carbocycles. The first-order valence-corrected chi connectivity index (χ1v) is 9.32. The summed E-state index contributed by atoms with van der Waals surface area (Å²) in [6.45, 7) is 6.52. The van der Waals surface area contributed by atoms with E-state index in [2.05, 4.69) is 17.1 Å². The van der Waals surface area contributed by atoms with Crippen molar-refractivity contribution in [3.63, 3.8) is 0 Å². The first-order chi connectivity index (χ1) is 9.84. The molecule has 0 bridgehead atoms. The highest BCUT2D eigenvalue weighted by molar-refractivity contribution is 4.90. The number of rotatable bonds is 3. The van der Waals surface area contributed by atoms with E-state index in [9.17, 15) is 0 Å². The molecule has 0 spiro atoms. The summed E-state index contributed by atoms with van der Waals surface area (Å²) in [7, 11) is 0. The van der Waals surface area contributed by atoms with E-state index in [1.54, 1.807) is 0 Å². The minimum absolute atomic E-state index is 0.794. The average Bonchev–Trinajstić information content (AvgIpc) is 2.51. The molecular weight excluding hydrogens is 244 g/mol. The van der Waals surface area contributed by atoms with Crippen molar-refractivity contribution in [2.75, 3.05) is 19.6 Å². The van der Waals surface area contributed by atoms with Gasteiger partial charge in [-0.2, -0.15) is 0 Å². The van der Waals surface area contributed by atoms with Crippen LogP contribution in [0, 0.1) is 11.8 Å². The van der Waals surface area contributed by atoms with Crippen LogP contribution in [0.3, 0.4) is 0 Å². The summed E-state index contributed by atoms with van der Waals surface area (Å²) >= 11 is 0. The predicted octanol–water partition coefficient (Wildman–Crippen LogP) is 3.81. The largest absolute Gasteiger partial charge is 0.312 e. The van der Waals surface area contributed by atoms with E-state index in [0.29, 0.717) is 0 Å². The van der Waals surface area contributed by atoms with Gasteiger partial charge in [0.25, 0.3) is 0 Å². The van der Waals surface area contributed by atoms with Gasteiger partial charge >= 0.3 is 0 Å². The van der Waals surface area contributed by atoms with Gasteiger partial charge in [-0.05, 0) is 57.0 Å². The second kappa shape index (κ2) is 7.26. The molecule has 0 radical (unpaired) electrons. The van der Waals surface area contributed by atoms with Gasteiger partial charge in [0.05, 0.1) is 0 Å². The van der Waals surface area contributed by atoms with Gasteiger partial charge in [0.1, 0.15) is 0 Å². The summed E-state index contributed by atoms with van der Waals surface area (Å²) in [5.74, 6) is 1.94. The van der Waals surface area contributed by atoms with Crippen molar-refractivity contribution in [3.8, 4) is 0 Å². The van der Waals surface area contributed by atoms with Gasteiger partial charge in [0.2, 0.25) is 0 Å². The molecule has 2 nitrogen and oxygen atoms in total. The monoisotopic (exact) mass is 278 g/mol. The fourth-order valence-electron chi connectivity index (χ4n) is 4.87. The van der Waals surface area contributed by atoms with Crippen LogP contribution >= 0.6 is 0 Å². The van der Waals surface area contributed by atoms with Gasteiger partial charge in [-0.3, -0.25) is 4.90 Å². The third-order valence-corrected chi connectivity index (χ3v) is 6.24. The molecule has 116 valence electrons. The van der Waals surface area contributed by atoms with E-state index in [-0.39, 0.29) is 0 Å². The number of piperidine rings is 2. The molecule has 2 heteroatoms. The second-order valence-electron chi connectivity index (χ2n) is 7.64. The quantitative estimate of drug-likeness (QED) is 0.844. The lowest BCUT2D eigenvalue weighted by Gasteiger charge is -2.45. The Balaban J connectivity index is 1.59. The molecule has 1 saturated carbocycles. The predicted molar refractivity (Wildman–Crippen MR) is 86.0 cm³/mol. The molecule has 2 saturated heterocycles. The molecule has 2 heterocycles. The topological polar surface area (TPSA) is 15.3 Å². The minimum Gasteiger partial charge on any atom is -0.312 e. The van der Waals surface area contributed by atoms with E-state index in [1.807, 2.05) is 0 Å².